The first-order chi connectivity index (χ1) is 14.6. The summed E-state index contributed by atoms with van der Waals surface area (Å²) >= 11 is 4.86. The van der Waals surface area contributed by atoms with Crippen molar-refractivity contribution in [3.8, 4) is 11.3 Å². The van der Waals surface area contributed by atoms with E-state index in [0.29, 0.717) is 18.2 Å². The third kappa shape index (κ3) is 5.63. The fraction of sp³-hybridized carbons (Fsp3) is 0.105. The predicted octanol–water partition coefficient (Wildman–Crippen LogP) is 5.42. The molecular formula is C19H10ClF6NO4. The summed E-state index contributed by atoms with van der Waals surface area (Å²) in [6, 6.07) is 1.64. The Morgan fingerprint density at radius 3 is 2.03 bits per heavy atom. The van der Waals surface area contributed by atoms with E-state index in [1.165, 1.54) is 0 Å². The van der Waals surface area contributed by atoms with E-state index in [4.69, 9.17) is 20.8 Å². The van der Waals surface area contributed by atoms with Gasteiger partial charge in [-0.05, 0) is 30.7 Å². The summed E-state index contributed by atoms with van der Waals surface area (Å²) in [6.07, 6.45) is 0.891. The number of carbonyl (C=O) groups is 2. The lowest BCUT2D eigenvalue weighted by atomic mass is 10.1. The van der Waals surface area contributed by atoms with Crippen LogP contribution in [-0.2, 0) is 4.74 Å². The van der Waals surface area contributed by atoms with Crippen LogP contribution in [0.2, 0.25) is 0 Å². The van der Waals surface area contributed by atoms with Gasteiger partial charge in [-0.15, -0.1) is 0 Å². The summed E-state index contributed by atoms with van der Waals surface area (Å²) < 4.78 is 86.2. The minimum atomic E-state index is -1.35. The van der Waals surface area contributed by atoms with Gasteiger partial charge < -0.3 is 9.15 Å². The van der Waals surface area contributed by atoms with E-state index in [2.05, 4.69) is 4.98 Å². The second-order valence-electron chi connectivity index (χ2n) is 5.52. The third-order valence-electron chi connectivity index (χ3n) is 3.51. The molecule has 2 aromatic carbocycles. The highest BCUT2D eigenvalue weighted by Gasteiger charge is 2.23. The molecule has 0 fully saturated rings. The van der Waals surface area contributed by atoms with Crippen molar-refractivity contribution < 1.29 is 45.1 Å². The molecular weight excluding hydrogens is 456 g/mol. The average molecular weight is 466 g/mol. The minimum Gasteiger partial charge on any atom is -0.461 e. The van der Waals surface area contributed by atoms with E-state index in [0.717, 1.165) is 6.39 Å². The summed E-state index contributed by atoms with van der Waals surface area (Å²) in [5, 5.41) is -1.16. The minimum absolute atomic E-state index is 0.0887. The van der Waals surface area contributed by atoms with Crippen molar-refractivity contribution in [2.45, 2.75) is 6.92 Å². The number of benzene rings is 2. The summed E-state index contributed by atoms with van der Waals surface area (Å²) in [4.78, 5) is 25.5. The van der Waals surface area contributed by atoms with Gasteiger partial charge in [-0.1, -0.05) is 0 Å². The van der Waals surface area contributed by atoms with Gasteiger partial charge >= 0.3 is 5.97 Å². The molecule has 3 rings (SSSR count). The van der Waals surface area contributed by atoms with Crippen molar-refractivity contribution in [2.24, 2.45) is 0 Å². The molecule has 0 radical (unpaired) electrons. The van der Waals surface area contributed by atoms with Gasteiger partial charge in [-0.25, -0.2) is 36.1 Å². The van der Waals surface area contributed by atoms with Crippen LogP contribution in [0.3, 0.4) is 0 Å². The van der Waals surface area contributed by atoms with Crippen molar-refractivity contribution in [3.63, 3.8) is 0 Å². The topological polar surface area (TPSA) is 69.4 Å². The van der Waals surface area contributed by atoms with Gasteiger partial charge in [0.1, 0.15) is 11.6 Å². The maximum absolute atomic E-state index is 13.6. The Labute approximate surface area is 175 Å². The summed E-state index contributed by atoms with van der Waals surface area (Å²) in [5.74, 6) is -8.64. The number of carbonyl (C=O) groups excluding carboxylic acids is 2. The van der Waals surface area contributed by atoms with Gasteiger partial charge in [0, 0.05) is 12.1 Å². The Hall–Kier alpha value is -3.34. The van der Waals surface area contributed by atoms with E-state index in [-0.39, 0.29) is 24.1 Å². The molecule has 12 heteroatoms. The maximum atomic E-state index is 13.6. The number of hydrogen-bond donors (Lipinski definition) is 0. The molecule has 0 N–H and O–H groups in total. The highest BCUT2D eigenvalue weighted by molar-refractivity contribution is 6.67. The van der Waals surface area contributed by atoms with E-state index in [1.807, 2.05) is 0 Å². The van der Waals surface area contributed by atoms with Gasteiger partial charge in [0.2, 0.25) is 0 Å². The standard InChI is InChI=1S/C12H8F3NO3.C7H2ClF3O/c1-2-18-12(17)10-11(19-5-16-10)6-3-8(14)9(15)4-7(6)13;8-7(12)3-1-5(10)6(11)2-4(3)9/h3-5H,2H2,1H3;1-2H. The van der Waals surface area contributed by atoms with Crippen LogP contribution >= 0.6 is 11.6 Å². The second kappa shape index (κ2) is 10.1. The number of ether oxygens (including phenoxy) is 1. The van der Waals surface area contributed by atoms with Gasteiger partial charge in [-0.2, -0.15) is 0 Å². The van der Waals surface area contributed by atoms with E-state index in [1.54, 1.807) is 6.92 Å². The fourth-order valence-electron chi connectivity index (χ4n) is 2.15. The molecule has 31 heavy (non-hydrogen) atoms. The SMILES string of the molecule is CCOC(=O)c1ncoc1-c1cc(F)c(F)cc1F.O=C(Cl)c1cc(F)c(F)cc1F. The van der Waals surface area contributed by atoms with Crippen LogP contribution in [0.1, 0.15) is 27.8 Å². The van der Waals surface area contributed by atoms with Crippen LogP contribution in [0, 0.1) is 34.9 Å². The number of halogens is 7. The molecule has 0 bridgehead atoms. The highest BCUT2D eigenvalue weighted by atomic mass is 35.5. The molecule has 1 heterocycles. The second-order valence-corrected chi connectivity index (χ2v) is 5.86. The highest BCUT2D eigenvalue weighted by Crippen LogP contribution is 2.28. The van der Waals surface area contributed by atoms with Crippen LogP contribution in [0.15, 0.2) is 35.1 Å². The number of rotatable bonds is 4. The van der Waals surface area contributed by atoms with Crippen molar-refractivity contribution in [2.75, 3.05) is 6.61 Å². The van der Waals surface area contributed by atoms with Gasteiger partial charge in [-0.3, -0.25) is 4.79 Å². The molecule has 0 saturated carbocycles. The Morgan fingerprint density at radius 2 is 1.45 bits per heavy atom. The van der Waals surface area contributed by atoms with Gasteiger partial charge in [0.05, 0.1) is 17.7 Å². The van der Waals surface area contributed by atoms with E-state index in [9.17, 15) is 35.9 Å². The number of esters is 1. The normalized spacial score (nSPS) is 10.3. The molecule has 0 aliphatic heterocycles. The lowest BCUT2D eigenvalue weighted by Gasteiger charge is -2.03. The Balaban J connectivity index is 0.000000245. The first-order valence-electron chi connectivity index (χ1n) is 8.16. The quantitative estimate of drug-likeness (QED) is 0.223. The number of oxazole rings is 1. The van der Waals surface area contributed by atoms with Crippen LogP contribution in [0.4, 0.5) is 26.3 Å². The third-order valence-corrected chi connectivity index (χ3v) is 3.72. The Morgan fingerprint density at radius 1 is 0.903 bits per heavy atom. The molecule has 0 atom stereocenters. The first kappa shape index (κ1) is 23.9. The first-order valence-corrected chi connectivity index (χ1v) is 8.54. The van der Waals surface area contributed by atoms with Crippen molar-refractivity contribution >= 4 is 22.8 Å². The predicted molar refractivity (Wildman–Crippen MR) is 94.3 cm³/mol. The van der Waals surface area contributed by atoms with Crippen molar-refractivity contribution in [1.29, 1.82) is 0 Å². The number of hydrogen-bond acceptors (Lipinski definition) is 5. The van der Waals surface area contributed by atoms with Crippen molar-refractivity contribution in [3.05, 3.63) is 76.8 Å². The zero-order valence-corrected chi connectivity index (χ0v) is 16.1. The Bertz CT molecular complexity index is 1130. The molecule has 3 aromatic rings. The summed E-state index contributed by atoms with van der Waals surface area (Å²) in [6.45, 7) is 1.67. The smallest absolute Gasteiger partial charge is 0.360 e. The zero-order valence-electron chi connectivity index (χ0n) is 15.3. The molecule has 0 aliphatic carbocycles. The molecule has 0 aliphatic rings. The molecule has 0 spiro atoms. The lowest BCUT2D eigenvalue weighted by molar-refractivity contribution is 0.0520. The number of nitrogens with zero attached hydrogens (tertiary/aromatic N) is 1. The molecule has 0 saturated heterocycles. The lowest BCUT2D eigenvalue weighted by Crippen LogP contribution is -2.07. The van der Waals surface area contributed by atoms with Crippen LogP contribution in [0.5, 0.6) is 0 Å². The molecule has 5 nitrogen and oxygen atoms in total. The fourth-order valence-corrected chi connectivity index (χ4v) is 2.30. The summed E-state index contributed by atoms with van der Waals surface area (Å²) in [5.41, 5.74) is -1.37. The molecule has 1 aromatic heterocycles. The molecule has 0 unspecified atom stereocenters. The average Bonchev–Trinajstić information content (AvgIpc) is 3.17. The number of aromatic nitrogens is 1. The van der Waals surface area contributed by atoms with Gasteiger partial charge in [0.25, 0.3) is 5.24 Å². The van der Waals surface area contributed by atoms with Crippen LogP contribution in [0.25, 0.3) is 11.3 Å². The zero-order chi connectivity index (χ0) is 23.3. The van der Waals surface area contributed by atoms with E-state index < -0.39 is 57.2 Å². The van der Waals surface area contributed by atoms with Crippen molar-refractivity contribution in [1.82, 2.24) is 4.98 Å². The van der Waals surface area contributed by atoms with Crippen LogP contribution in [-0.4, -0.2) is 22.8 Å². The largest absolute Gasteiger partial charge is 0.461 e. The molecule has 164 valence electrons. The Kier molecular flexibility index (Phi) is 7.81. The maximum Gasteiger partial charge on any atom is 0.360 e. The summed E-state index contributed by atoms with van der Waals surface area (Å²) in [7, 11) is 0. The monoisotopic (exact) mass is 465 g/mol. The van der Waals surface area contributed by atoms with Gasteiger partial charge in [0.15, 0.2) is 41.1 Å². The van der Waals surface area contributed by atoms with Crippen LogP contribution < -0.4 is 0 Å². The molecule has 0 amide bonds. The van der Waals surface area contributed by atoms with E-state index >= 15 is 0 Å².